The lowest BCUT2D eigenvalue weighted by molar-refractivity contribution is -0.142. The van der Waals surface area contributed by atoms with Crippen LogP contribution in [0.1, 0.15) is 78.1 Å². The summed E-state index contributed by atoms with van der Waals surface area (Å²) in [5.41, 5.74) is 0. The number of thioether (sulfide) groups is 2. The van der Waals surface area contributed by atoms with Crippen molar-refractivity contribution < 1.29 is 30.0 Å². The Hall–Kier alpha value is -0.440. The summed E-state index contributed by atoms with van der Waals surface area (Å²) in [4.78, 5) is 23.2. The molecule has 8 heteroatoms. The van der Waals surface area contributed by atoms with Gasteiger partial charge in [-0.3, -0.25) is 9.59 Å². The van der Waals surface area contributed by atoms with Gasteiger partial charge in [0.05, 0.1) is 12.2 Å². The van der Waals surface area contributed by atoms with E-state index in [1.165, 1.54) is 0 Å². The van der Waals surface area contributed by atoms with E-state index in [1.54, 1.807) is 0 Å². The monoisotopic (exact) mass is 438 g/mol. The molecule has 0 spiro atoms. The first-order valence-electron chi connectivity index (χ1n) is 10.4. The molecule has 0 aliphatic carbocycles. The van der Waals surface area contributed by atoms with E-state index >= 15 is 0 Å². The molecule has 0 aromatic carbocycles. The SMILES string of the molecule is CCCCCCC(O)CSC(C(=O)O)C(SCC(O)CCCCCC)C(=O)O. The van der Waals surface area contributed by atoms with Crippen LogP contribution in [0.15, 0.2) is 0 Å². The molecule has 4 atom stereocenters. The van der Waals surface area contributed by atoms with Crippen molar-refractivity contribution in [3.05, 3.63) is 0 Å². The minimum absolute atomic E-state index is 0.201. The van der Waals surface area contributed by atoms with Crippen LogP contribution in [-0.4, -0.2) is 66.6 Å². The molecule has 0 aromatic heterocycles. The smallest absolute Gasteiger partial charge is 0.318 e. The number of rotatable bonds is 19. The first-order valence-corrected chi connectivity index (χ1v) is 12.5. The average molecular weight is 439 g/mol. The molecular formula is C20H38O6S2. The third-order valence-corrected chi connectivity index (χ3v) is 7.47. The molecule has 0 heterocycles. The van der Waals surface area contributed by atoms with Gasteiger partial charge >= 0.3 is 11.9 Å². The number of unbranched alkanes of at least 4 members (excludes halogenated alkanes) is 6. The molecule has 28 heavy (non-hydrogen) atoms. The number of aliphatic hydroxyl groups is 2. The molecule has 4 unspecified atom stereocenters. The Kier molecular flexibility index (Phi) is 17.1. The second kappa shape index (κ2) is 17.4. The van der Waals surface area contributed by atoms with Crippen molar-refractivity contribution in [2.24, 2.45) is 0 Å². The van der Waals surface area contributed by atoms with E-state index in [0.717, 1.165) is 74.9 Å². The number of carboxylic acids is 2. The molecule has 0 aliphatic rings. The molecule has 0 aliphatic heterocycles. The van der Waals surface area contributed by atoms with Gasteiger partial charge in [-0.2, -0.15) is 0 Å². The molecule has 0 amide bonds. The molecule has 166 valence electrons. The maximum Gasteiger partial charge on any atom is 0.318 e. The molecule has 0 saturated heterocycles. The van der Waals surface area contributed by atoms with Crippen molar-refractivity contribution in [1.82, 2.24) is 0 Å². The summed E-state index contributed by atoms with van der Waals surface area (Å²) >= 11 is 1.96. The highest BCUT2D eigenvalue weighted by molar-refractivity contribution is 8.04. The average Bonchev–Trinajstić information content (AvgIpc) is 2.64. The van der Waals surface area contributed by atoms with Crippen molar-refractivity contribution >= 4 is 35.5 Å². The number of aliphatic carboxylic acids is 2. The van der Waals surface area contributed by atoms with E-state index in [9.17, 15) is 30.0 Å². The summed E-state index contributed by atoms with van der Waals surface area (Å²) in [6.07, 6.45) is 8.19. The summed E-state index contributed by atoms with van der Waals surface area (Å²) < 4.78 is 0. The van der Waals surface area contributed by atoms with Crippen LogP contribution in [0.2, 0.25) is 0 Å². The molecule has 0 fully saturated rings. The van der Waals surface area contributed by atoms with E-state index in [2.05, 4.69) is 13.8 Å². The third-order valence-electron chi connectivity index (χ3n) is 4.48. The summed E-state index contributed by atoms with van der Waals surface area (Å²) in [6.45, 7) is 4.21. The predicted octanol–water partition coefficient (Wildman–Crippen LogP) is 4.02. The zero-order valence-corrected chi connectivity index (χ0v) is 18.8. The van der Waals surface area contributed by atoms with Gasteiger partial charge < -0.3 is 20.4 Å². The number of hydrogen-bond acceptors (Lipinski definition) is 6. The fourth-order valence-electron chi connectivity index (χ4n) is 2.79. The summed E-state index contributed by atoms with van der Waals surface area (Å²) in [5, 5.41) is 36.7. The minimum Gasteiger partial charge on any atom is -0.480 e. The first kappa shape index (κ1) is 27.6. The van der Waals surface area contributed by atoms with Gasteiger partial charge in [0, 0.05) is 11.5 Å². The van der Waals surface area contributed by atoms with E-state index in [-0.39, 0.29) is 11.5 Å². The molecule has 0 radical (unpaired) electrons. The van der Waals surface area contributed by atoms with Gasteiger partial charge in [-0.25, -0.2) is 0 Å². The summed E-state index contributed by atoms with van der Waals surface area (Å²) in [6, 6.07) is 0. The second-order valence-corrected chi connectivity index (χ2v) is 9.54. The van der Waals surface area contributed by atoms with Crippen molar-refractivity contribution in [3.63, 3.8) is 0 Å². The summed E-state index contributed by atoms with van der Waals surface area (Å²) in [5.74, 6) is -1.99. The predicted molar refractivity (Wildman–Crippen MR) is 117 cm³/mol. The highest BCUT2D eigenvalue weighted by Gasteiger charge is 2.35. The maximum atomic E-state index is 11.6. The van der Waals surface area contributed by atoms with Crippen LogP contribution in [0.3, 0.4) is 0 Å². The van der Waals surface area contributed by atoms with Crippen LogP contribution in [0, 0.1) is 0 Å². The van der Waals surface area contributed by atoms with Gasteiger partial charge in [-0.1, -0.05) is 65.2 Å². The van der Waals surface area contributed by atoms with Crippen molar-refractivity contribution in [1.29, 1.82) is 0 Å². The Morgan fingerprint density at radius 3 is 1.32 bits per heavy atom. The number of hydrogen-bond donors (Lipinski definition) is 4. The van der Waals surface area contributed by atoms with Crippen molar-refractivity contribution in [3.8, 4) is 0 Å². The zero-order valence-electron chi connectivity index (χ0n) is 17.2. The normalized spacial score (nSPS) is 15.7. The lowest BCUT2D eigenvalue weighted by atomic mass is 10.1. The van der Waals surface area contributed by atoms with Gasteiger partial charge in [0.15, 0.2) is 0 Å². The lowest BCUT2D eigenvalue weighted by Gasteiger charge is -2.22. The molecule has 0 aromatic rings. The Labute approximate surface area is 177 Å². The van der Waals surface area contributed by atoms with E-state index in [0.29, 0.717) is 12.8 Å². The Bertz CT molecular complexity index is 384. The lowest BCUT2D eigenvalue weighted by Crippen LogP contribution is -2.37. The van der Waals surface area contributed by atoms with Crippen LogP contribution >= 0.6 is 23.5 Å². The van der Waals surface area contributed by atoms with E-state index in [4.69, 9.17) is 0 Å². The Morgan fingerprint density at radius 1 is 0.679 bits per heavy atom. The summed E-state index contributed by atoms with van der Waals surface area (Å²) in [7, 11) is 0. The molecule has 4 N–H and O–H groups in total. The Balaban J connectivity index is 4.49. The zero-order chi connectivity index (χ0) is 21.4. The number of carboxylic acid groups (broad SMARTS) is 2. The van der Waals surface area contributed by atoms with Crippen molar-refractivity contribution in [2.75, 3.05) is 11.5 Å². The van der Waals surface area contributed by atoms with Gasteiger partial charge in [-0.15, -0.1) is 23.5 Å². The molecule has 0 rings (SSSR count). The van der Waals surface area contributed by atoms with Crippen LogP contribution in [0.4, 0.5) is 0 Å². The van der Waals surface area contributed by atoms with Crippen LogP contribution in [-0.2, 0) is 9.59 Å². The Morgan fingerprint density at radius 2 is 1.04 bits per heavy atom. The van der Waals surface area contributed by atoms with Gasteiger partial charge in [0.2, 0.25) is 0 Å². The van der Waals surface area contributed by atoms with Crippen molar-refractivity contribution in [2.45, 2.75) is 101 Å². The number of carbonyl (C=O) groups is 2. The third kappa shape index (κ3) is 13.7. The fourth-order valence-corrected chi connectivity index (χ4v) is 5.32. The molecule has 0 bridgehead atoms. The largest absolute Gasteiger partial charge is 0.480 e. The van der Waals surface area contributed by atoms with E-state index in [1.807, 2.05) is 0 Å². The van der Waals surface area contributed by atoms with Crippen LogP contribution < -0.4 is 0 Å². The van der Waals surface area contributed by atoms with Crippen LogP contribution in [0.25, 0.3) is 0 Å². The minimum atomic E-state index is -1.19. The maximum absolute atomic E-state index is 11.6. The fraction of sp³-hybridized carbons (Fsp3) is 0.900. The quantitative estimate of drug-likeness (QED) is 0.224. The van der Waals surface area contributed by atoms with Gasteiger partial charge in [0.1, 0.15) is 10.5 Å². The van der Waals surface area contributed by atoms with Gasteiger partial charge in [-0.05, 0) is 12.8 Å². The van der Waals surface area contributed by atoms with E-state index < -0.39 is 34.6 Å². The highest BCUT2D eigenvalue weighted by atomic mass is 32.2. The van der Waals surface area contributed by atoms with Gasteiger partial charge in [0.25, 0.3) is 0 Å². The second-order valence-electron chi connectivity index (χ2n) is 7.19. The topological polar surface area (TPSA) is 115 Å². The van der Waals surface area contributed by atoms with Crippen LogP contribution in [0.5, 0.6) is 0 Å². The highest BCUT2D eigenvalue weighted by Crippen LogP contribution is 2.28. The molecule has 6 nitrogen and oxygen atoms in total. The molecular weight excluding hydrogens is 400 g/mol. The molecule has 0 saturated carbocycles. The number of aliphatic hydroxyl groups excluding tert-OH is 2. The first-order chi connectivity index (χ1) is 13.3. The standard InChI is InChI=1S/C20H38O6S2/c1-3-5-7-9-11-15(21)13-27-17(19(23)24)18(20(25)26)28-14-16(22)12-10-8-6-4-2/h15-18,21-22H,3-14H2,1-2H3,(H,23,24)(H,25,26).